The first-order chi connectivity index (χ1) is 7.17. The van der Waals surface area contributed by atoms with E-state index in [0.29, 0.717) is 13.2 Å². The number of carbonyl (C=O) groups is 1. The number of furan rings is 1. The lowest BCUT2D eigenvalue weighted by Crippen LogP contribution is -2.17. The van der Waals surface area contributed by atoms with Gasteiger partial charge in [0.15, 0.2) is 0 Å². The van der Waals surface area contributed by atoms with Gasteiger partial charge in [0, 0.05) is 12.5 Å². The van der Waals surface area contributed by atoms with Gasteiger partial charge in [0.25, 0.3) is 0 Å². The van der Waals surface area contributed by atoms with Gasteiger partial charge in [0.1, 0.15) is 11.5 Å². The lowest BCUT2D eigenvalue weighted by molar-refractivity contribution is -0.143. The van der Waals surface area contributed by atoms with Crippen molar-refractivity contribution in [3.8, 4) is 0 Å². The van der Waals surface area contributed by atoms with Gasteiger partial charge in [-0.3, -0.25) is 4.79 Å². The number of aryl methyl sites for hydroxylation is 1. The van der Waals surface area contributed by atoms with Gasteiger partial charge in [-0.15, -0.1) is 0 Å². The summed E-state index contributed by atoms with van der Waals surface area (Å²) in [6.07, 6.45) is 0.275. The molecule has 0 fully saturated rings. The minimum Gasteiger partial charge on any atom is -0.466 e. The number of hydrogen-bond acceptors (Lipinski definition) is 4. The number of ether oxygens (including phenoxy) is 1. The molecular weight excluding hydrogens is 194 g/mol. The molecule has 0 saturated carbocycles. The fraction of sp³-hybridized carbons (Fsp3) is 0.545. The quantitative estimate of drug-likeness (QED) is 0.751. The van der Waals surface area contributed by atoms with E-state index in [1.54, 1.807) is 6.92 Å². The van der Waals surface area contributed by atoms with Crippen LogP contribution >= 0.6 is 0 Å². The van der Waals surface area contributed by atoms with E-state index in [9.17, 15) is 4.79 Å². The van der Waals surface area contributed by atoms with Gasteiger partial charge in [0.05, 0.1) is 13.0 Å². The van der Waals surface area contributed by atoms with Gasteiger partial charge in [-0.25, -0.2) is 0 Å². The van der Waals surface area contributed by atoms with Crippen LogP contribution in [0.1, 0.15) is 30.8 Å². The highest BCUT2D eigenvalue weighted by Crippen LogP contribution is 2.21. The maximum absolute atomic E-state index is 11.3. The van der Waals surface area contributed by atoms with Gasteiger partial charge in [-0.05, 0) is 26.0 Å². The summed E-state index contributed by atoms with van der Waals surface area (Å²) in [5, 5.41) is 0. The fourth-order valence-electron chi connectivity index (χ4n) is 1.39. The topological polar surface area (TPSA) is 65.5 Å². The average Bonchev–Trinajstić information content (AvgIpc) is 2.61. The summed E-state index contributed by atoms with van der Waals surface area (Å²) in [6, 6.07) is 3.72. The maximum atomic E-state index is 11.3. The molecular formula is C11H17NO3. The van der Waals surface area contributed by atoms with Crippen molar-refractivity contribution in [3.63, 3.8) is 0 Å². The second kappa shape index (κ2) is 5.56. The zero-order valence-corrected chi connectivity index (χ0v) is 9.16. The molecule has 0 spiro atoms. The van der Waals surface area contributed by atoms with Crippen LogP contribution in [0.5, 0.6) is 0 Å². The monoisotopic (exact) mass is 211 g/mol. The van der Waals surface area contributed by atoms with Gasteiger partial charge in [-0.2, -0.15) is 0 Å². The van der Waals surface area contributed by atoms with E-state index >= 15 is 0 Å². The van der Waals surface area contributed by atoms with Crippen molar-refractivity contribution in [2.75, 3.05) is 13.2 Å². The van der Waals surface area contributed by atoms with Crippen molar-refractivity contribution < 1.29 is 13.9 Å². The summed E-state index contributed by atoms with van der Waals surface area (Å²) >= 11 is 0. The molecule has 0 aromatic carbocycles. The molecule has 1 unspecified atom stereocenters. The van der Waals surface area contributed by atoms with E-state index in [1.807, 2.05) is 19.1 Å². The number of nitrogens with two attached hydrogens (primary N) is 1. The summed E-state index contributed by atoms with van der Waals surface area (Å²) in [6.45, 7) is 4.42. The SMILES string of the molecule is CCOC(=O)CC(CN)c1ccc(C)o1. The molecule has 0 bridgehead atoms. The normalized spacial score (nSPS) is 12.5. The third-order valence-corrected chi connectivity index (χ3v) is 2.17. The lowest BCUT2D eigenvalue weighted by Gasteiger charge is -2.10. The largest absolute Gasteiger partial charge is 0.466 e. The van der Waals surface area contributed by atoms with Gasteiger partial charge in [0.2, 0.25) is 0 Å². The van der Waals surface area contributed by atoms with Gasteiger partial charge >= 0.3 is 5.97 Å². The van der Waals surface area contributed by atoms with Crippen molar-refractivity contribution in [1.82, 2.24) is 0 Å². The summed E-state index contributed by atoms with van der Waals surface area (Å²) in [4.78, 5) is 11.3. The smallest absolute Gasteiger partial charge is 0.306 e. The zero-order chi connectivity index (χ0) is 11.3. The molecule has 15 heavy (non-hydrogen) atoms. The van der Waals surface area contributed by atoms with Crippen LogP contribution in [0, 0.1) is 6.92 Å². The molecule has 84 valence electrons. The van der Waals surface area contributed by atoms with Crippen molar-refractivity contribution in [1.29, 1.82) is 0 Å². The molecule has 4 heteroatoms. The zero-order valence-electron chi connectivity index (χ0n) is 9.16. The predicted molar refractivity (Wildman–Crippen MR) is 56.5 cm³/mol. The van der Waals surface area contributed by atoms with Crippen LogP contribution in [0.25, 0.3) is 0 Å². The molecule has 1 atom stereocenters. The third kappa shape index (κ3) is 3.40. The highest BCUT2D eigenvalue weighted by molar-refractivity contribution is 5.70. The van der Waals surface area contributed by atoms with Crippen molar-refractivity contribution >= 4 is 5.97 Å². The summed E-state index contributed by atoms with van der Waals surface area (Å²) in [5.74, 6) is 1.26. The Labute approximate surface area is 89.4 Å². The van der Waals surface area contributed by atoms with Crippen LogP contribution in [0.4, 0.5) is 0 Å². The first kappa shape index (κ1) is 11.8. The Hall–Kier alpha value is -1.29. The Morgan fingerprint density at radius 3 is 2.80 bits per heavy atom. The van der Waals surface area contributed by atoms with E-state index in [1.165, 1.54) is 0 Å². The highest BCUT2D eigenvalue weighted by atomic mass is 16.5. The summed E-state index contributed by atoms with van der Waals surface area (Å²) in [5.41, 5.74) is 5.59. The van der Waals surface area contributed by atoms with Crippen LogP contribution in [-0.2, 0) is 9.53 Å². The minimum absolute atomic E-state index is 0.0854. The molecule has 0 aliphatic rings. The number of carbonyl (C=O) groups excluding carboxylic acids is 1. The molecule has 1 rings (SSSR count). The molecule has 0 aliphatic carbocycles. The van der Waals surface area contributed by atoms with Crippen LogP contribution in [-0.4, -0.2) is 19.1 Å². The number of esters is 1. The maximum Gasteiger partial charge on any atom is 0.306 e. The number of rotatable bonds is 5. The lowest BCUT2D eigenvalue weighted by atomic mass is 10.0. The second-order valence-corrected chi connectivity index (χ2v) is 3.39. The molecule has 2 N–H and O–H groups in total. The van der Waals surface area contributed by atoms with Crippen LogP contribution in [0.3, 0.4) is 0 Å². The predicted octanol–water partition coefficient (Wildman–Crippen LogP) is 1.58. The standard InChI is InChI=1S/C11H17NO3/c1-3-14-11(13)6-9(7-12)10-5-4-8(2)15-10/h4-5,9H,3,6-7,12H2,1-2H3. The summed E-state index contributed by atoms with van der Waals surface area (Å²) < 4.78 is 10.3. The van der Waals surface area contributed by atoms with Gasteiger partial charge in [-0.1, -0.05) is 0 Å². The first-order valence-corrected chi connectivity index (χ1v) is 5.09. The van der Waals surface area contributed by atoms with E-state index in [-0.39, 0.29) is 18.3 Å². The van der Waals surface area contributed by atoms with E-state index in [4.69, 9.17) is 14.9 Å². The molecule has 1 aromatic heterocycles. The molecule has 0 aliphatic heterocycles. The Morgan fingerprint density at radius 2 is 2.33 bits per heavy atom. The molecule has 0 amide bonds. The Kier molecular flexibility index (Phi) is 4.37. The summed E-state index contributed by atoms with van der Waals surface area (Å²) in [7, 11) is 0. The van der Waals surface area contributed by atoms with Crippen molar-refractivity contribution in [2.45, 2.75) is 26.2 Å². The van der Waals surface area contributed by atoms with E-state index in [0.717, 1.165) is 11.5 Å². The van der Waals surface area contributed by atoms with Crippen molar-refractivity contribution in [2.24, 2.45) is 5.73 Å². The Balaban J connectivity index is 2.60. The third-order valence-electron chi connectivity index (χ3n) is 2.17. The Bertz CT molecular complexity index is 319. The van der Waals surface area contributed by atoms with E-state index < -0.39 is 0 Å². The average molecular weight is 211 g/mol. The fourth-order valence-corrected chi connectivity index (χ4v) is 1.39. The minimum atomic E-state index is -0.234. The molecule has 0 radical (unpaired) electrons. The van der Waals surface area contributed by atoms with E-state index in [2.05, 4.69) is 0 Å². The van der Waals surface area contributed by atoms with Gasteiger partial charge < -0.3 is 14.9 Å². The van der Waals surface area contributed by atoms with Crippen LogP contribution in [0.15, 0.2) is 16.5 Å². The van der Waals surface area contributed by atoms with Crippen molar-refractivity contribution in [3.05, 3.63) is 23.7 Å². The molecule has 1 aromatic rings. The molecule has 1 heterocycles. The molecule has 0 saturated heterocycles. The van der Waals surface area contributed by atoms with Crippen LogP contribution in [0.2, 0.25) is 0 Å². The second-order valence-electron chi connectivity index (χ2n) is 3.39. The number of hydrogen-bond donors (Lipinski definition) is 1. The van der Waals surface area contributed by atoms with Crippen LogP contribution < -0.4 is 5.73 Å². The highest BCUT2D eigenvalue weighted by Gasteiger charge is 2.18. The first-order valence-electron chi connectivity index (χ1n) is 5.09. The Morgan fingerprint density at radius 1 is 1.60 bits per heavy atom. The molecule has 4 nitrogen and oxygen atoms in total.